The molecule has 21 heavy (non-hydrogen) atoms. The minimum absolute atomic E-state index is 0.244. The minimum atomic E-state index is 0.244. The van der Waals surface area contributed by atoms with E-state index in [-0.39, 0.29) is 5.41 Å². The van der Waals surface area contributed by atoms with Crippen LogP contribution in [0.1, 0.15) is 65.1 Å². The third kappa shape index (κ3) is 2.08. The fourth-order valence-corrected chi connectivity index (χ4v) is 6.59. The lowest BCUT2D eigenvalue weighted by atomic mass is 9.40. The summed E-state index contributed by atoms with van der Waals surface area (Å²) in [6.07, 6.45) is 10.1. The lowest BCUT2D eigenvalue weighted by Crippen LogP contribution is -2.57. The number of nitrogens with one attached hydrogen (secondary N) is 1. The molecule has 4 aliphatic carbocycles. The first-order valence-electron chi connectivity index (χ1n) is 8.52. The largest absolute Gasteiger partial charge is 0.370 e. The van der Waals surface area contributed by atoms with Crippen LogP contribution in [0.25, 0.3) is 0 Å². The molecule has 2 unspecified atom stereocenters. The van der Waals surface area contributed by atoms with E-state index in [1.165, 1.54) is 38.5 Å². The zero-order valence-corrected chi connectivity index (χ0v) is 13.6. The van der Waals surface area contributed by atoms with Crippen molar-refractivity contribution in [3.63, 3.8) is 0 Å². The molecule has 1 heterocycles. The normalized spacial score (nSPS) is 44.0. The average Bonchev–Trinajstić information content (AvgIpc) is 2.35. The zero-order valence-electron chi connectivity index (χ0n) is 13.6. The van der Waals surface area contributed by atoms with Crippen LogP contribution in [0.5, 0.6) is 0 Å². The van der Waals surface area contributed by atoms with Crippen molar-refractivity contribution in [1.29, 1.82) is 0 Å². The molecule has 2 atom stereocenters. The predicted octanol–water partition coefficient (Wildman–Crippen LogP) is 4.16. The summed E-state index contributed by atoms with van der Waals surface area (Å²) in [4.78, 5) is 9.62. The molecule has 3 heteroatoms. The molecule has 4 fully saturated rings. The van der Waals surface area contributed by atoms with Crippen LogP contribution >= 0.6 is 0 Å². The van der Waals surface area contributed by atoms with E-state index in [0.717, 1.165) is 24.1 Å². The summed E-state index contributed by atoms with van der Waals surface area (Å²) < 4.78 is 0. The van der Waals surface area contributed by atoms with Crippen LogP contribution in [-0.4, -0.2) is 16.5 Å². The smallest absolute Gasteiger partial charge is 0.136 e. The second-order valence-electron chi connectivity index (χ2n) is 8.71. The highest BCUT2D eigenvalue weighted by atomic mass is 15.0. The van der Waals surface area contributed by atoms with Crippen LogP contribution in [0, 0.1) is 16.7 Å². The molecule has 1 N–H and O–H groups in total. The van der Waals surface area contributed by atoms with Crippen molar-refractivity contribution in [2.45, 2.75) is 64.7 Å². The van der Waals surface area contributed by atoms with Crippen LogP contribution in [0.3, 0.4) is 0 Å². The average molecular weight is 285 g/mol. The molecule has 0 spiro atoms. The first kappa shape index (κ1) is 13.5. The highest BCUT2D eigenvalue weighted by Crippen LogP contribution is 2.69. The summed E-state index contributed by atoms with van der Waals surface area (Å²) in [5.74, 6) is 3.00. The quantitative estimate of drug-likeness (QED) is 0.906. The van der Waals surface area contributed by atoms with Crippen molar-refractivity contribution < 1.29 is 0 Å². The predicted molar refractivity (Wildman–Crippen MR) is 85.3 cm³/mol. The maximum absolute atomic E-state index is 4.89. The first-order valence-corrected chi connectivity index (χ1v) is 8.52. The van der Waals surface area contributed by atoms with Gasteiger partial charge in [-0.05, 0) is 68.3 Å². The fraction of sp³-hybridized carbons (Fsp3) is 0.778. The number of nitrogens with zero attached hydrogens (tertiary/aromatic N) is 2. The minimum Gasteiger partial charge on any atom is -0.370 e. The van der Waals surface area contributed by atoms with Gasteiger partial charge >= 0.3 is 0 Å². The summed E-state index contributed by atoms with van der Waals surface area (Å²) >= 11 is 0. The first-order chi connectivity index (χ1) is 9.94. The van der Waals surface area contributed by atoms with E-state index in [0.29, 0.717) is 10.8 Å². The molecule has 3 nitrogen and oxygen atoms in total. The van der Waals surface area contributed by atoms with Crippen LogP contribution in [0.2, 0.25) is 0 Å². The Morgan fingerprint density at radius 1 is 1.14 bits per heavy atom. The van der Waals surface area contributed by atoms with Crippen molar-refractivity contribution in [1.82, 2.24) is 9.97 Å². The molecule has 5 rings (SSSR count). The third-order valence-electron chi connectivity index (χ3n) is 6.11. The molecule has 4 bridgehead atoms. The molecular weight excluding hydrogens is 258 g/mol. The Morgan fingerprint density at radius 3 is 2.48 bits per heavy atom. The second kappa shape index (κ2) is 4.21. The summed E-state index contributed by atoms with van der Waals surface area (Å²) in [5, 5.41) is 3.35. The van der Waals surface area contributed by atoms with Gasteiger partial charge in [-0.15, -0.1) is 0 Å². The molecule has 0 aliphatic heterocycles. The molecular formula is C18H27N3. The van der Waals surface area contributed by atoms with E-state index in [2.05, 4.69) is 26.1 Å². The number of aromatic nitrogens is 2. The molecule has 0 saturated heterocycles. The van der Waals surface area contributed by atoms with Crippen LogP contribution in [0.4, 0.5) is 5.82 Å². The maximum atomic E-state index is 4.89. The molecule has 4 aliphatic rings. The van der Waals surface area contributed by atoms with E-state index >= 15 is 0 Å². The second-order valence-corrected chi connectivity index (χ2v) is 8.71. The third-order valence-corrected chi connectivity index (χ3v) is 6.11. The van der Waals surface area contributed by atoms with Gasteiger partial charge in [-0.25, -0.2) is 9.97 Å². The van der Waals surface area contributed by atoms with Gasteiger partial charge in [0.25, 0.3) is 0 Å². The van der Waals surface area contributed by atoms with Crippen molar-refractivity contribution in [2.75, 3.05) is 11.9 Å². The Hall–Kier alpha value is -1.12. The van der Waals surface area contributed by atoms with Gasteiger partial charge in [-0.1, -0.05) is 13.8 Å². The van der Waals surface area contributed by atoms with Gasteiger partial charge in [0.2, 0.25) is 0 Å². The number of anilines is 1. The summed E-state index contributed by atoms with van der Waals surface area (Å²) in [5.41, 5.74) is 1.28. The SMILES string of the molecule is CCNc1ccnc(C23CC4CC(C)(CC(C)(C4)C2)C3)n1. The maximum Gasteiger partial charge on any atom is 0.136 e. The Kier molecular flexibility index (Phi) is 2.71. The molecule has 114 valence electrons. The van der Waals surface area contributed by atoms with E-state index in [1.54, 1.807) is 0 Å². The molecule has 0 aromatic carbocycles. The van der Waals surface area contributed by atoms with Crippen molar-refractivity contribution in [3.05, 3.63) is 18.1 Å². The monoisotopic (exact) mass is 285 g/mol. The fourth-order valence-electron chi connectivity index (χ4n) is 6.59. The van der Waals surface area contributed by atoms with E-state index in [4.69, 9.17) is 9.97 Å². The van der Waals surface area contributed by atoms with E-state index in [9.17, 15) is 0 Å². The lowest BCUT2D eigenvalue weighted by molar-refractivity contribution is -0.112. The van der Waals surface area contributed by atoms with Gasteiger partial charge in [0.15, 0.2) is 0 Å². The summed E-state index contributed by atoms with van der Waals surface area (Å²) in [6.45, 7) is 8.06. The van der Waals surface area contributed by atoms with Gasteiger partial charge in [0.1, 0.15) is 11.6 Å². The van der Waals surface area contributed by atoms with Gasteiger partial charge in [-0.2, -0.15) is 0 Å². The van der Waals surface area contributed by atoms with Gasteiger partial charge in [0.05, 0.1) is 0 Å². The number of hydrogen-bond donors (Lipinski definition) is 1. The number of rotatable bonds is 3. The lowest BCUT2D eigenvalue weighted by Gasteiger charge is -2.64. The topological polar surface area (TPSA) is 37.8 Å². The highest BCUT2D eigenvalue weighted by Gasteiger charge is 2.61. The van der Waals surface area contributed by atoms with Crippen molar-refractivity contribution >= 4 is 5.82 Å². The zero-order chi connectivity index (χ0) is 14.7. The Bertz CT molecular complexity index is 549. The van der Waals surface area contributed by atoms with Crippen LogP contribution in [-0.2, 0) is 5.41 Å². The van der Waals surface area contributed by atoms with Crippen LogP contribution in [0.15, 0.2) is 12.3 Å². The van der Waals surface area contributed by atoms with Crippen molar-refractivity contribution in [2.24, 2.45) is 16.7 Å². The summed E-state index contributed by atoms with van der Waals surface area (Å²) in [6, 6.07) is 2.00. The molecule has 0 amide bonds. The Morgan fingerprint density at radius 2 is 1.86 bits per heavy atom. The molecule has 1 aromatic rings. The van der Waals surface area contributed by atoms with Gasteiger partial charge in [0, 0.05) is 18.2 Å². The van der Waals surface area contributed by atoms with E-state index < -0.39 is 0 Å². The van der Waals surface area contributed by atoms with Gasteiger partial charge < -0.3 is 5.32 Å². The highest BCUT2D eigenvalue weighted by molar-refractivity contribution is 5.35. The van der Waals surface area contributed by atoms with Crippen molar-refractivity contribution in [3.8, 4) is 0 Å². The summed E-state index contributed by atoms with van der Waals surface area (Å²) in [7, 11) is 0. The van der Waals surface area contributed by atoms with Gasteiger partial charge in [-0.3, -0.25) is 0 Å². The molecule has 0 radical (unpaired) electrons. The standard InChI is InChI=1S/C18H27N3/c1-4-19-14-5-6-20-15(21-14)18-9-13-7-16(2,11-18)10-17(3,8-13)12-18/h5-6,13H,4,7-12H2,1-3H3,(H,19,20,21). The molecule has 4 saturated carbocycles. The van der Waals surface area contributed by atoms with Crippen LogP contribution < -0.4 is 5.32 Å². The Balaban J connectivity index is 1.75. The Labute approximate surface area is 128 Å². The number of hydrogen-bond acceptors (Lipinski definition) is 3. The van der Waals surface area contributed by atoms with E-state index in [1.807, 2.05) is 12.3 Å². The molecule has 1 aromatic heterocycles.